The molecule has 0 fully saturated rings. The lowest BCUT2D eigenvalue weighted by atomic mass is 10.1. The number of nitrogens with one attached hydrogen (secondary N) is 1. The molecule has 114 valence electrons. The molecule has 2 amide bonds. The predicted molar refractivity (Wildman–Crippen MR) is 75.0 cm³/mol. The molecular weight excluding hydrogens is 278 g/mol. The summed E-state index contributed by atoms with van der Waals surface area (Å²) in [5.74, 6) is -1.31. The van der Waals surface area contributed by atoms with Gasteiger partial charge in [0.25, 0.3) is 11.6 Å². The van der Waals surface area contributed by atoms with Crippen molar-refractivity contribution in [2.75, 3.05) is 20.1 Å². The molecule has 0 unspecified atom stereocenters. The maximum absolute atomic E-state index is 12.2. The zero-order valence-electron chi connectivity index (χ0n) is 11.8. The number of rotatable bonds is 6. The molecule has 0 bridgehead atoms. The fraction of sp³-hybridized carbons (Fsp3) is 0.385. The van der Waals surface area contributed by atoms with Crippen LogP contribution in [0.15, 0.2) is 18.2 Å². The first-order chi connectivity index (χ1) is 9.86. The summed E-state index contributed by atoms with van der Waals surface area (Å²) in [5, 5.41) is 22.9. The Morgan fingerprint density at radius 2 is 2.10 bits per heavy atom. The first-order valence-electron chi connectivity index (χ1n) is 6.36. The van der Waals surface area contributed by atoms with Crippen LogP contribution in [0.25, 0.3) is 0 Å². The minimum absolute atomic E-state index is 0.217. The molecule has 0 radical (unpaired) electrons. The van der Waals surface area contributed by atoms with E-state index >= 15 is 0 Å². The van der Waals surface area contributed by atoms with E-state index in [0.717, 1.165) is 29.5 Å². The van der Waals surface area contributed by atoms with Gasteiger partial charge in [0.05, 0.1) is 11.5 Å². The summed E-state index contributed by atoms with van der Waals surface area (Å²) in [6, 6.07) is 3.19. The second kappa shape index (κ2) is 7.22. The van der Waals surface area contributed by atoms with Crippen LogP contribution in [0, 0.1) is 10.1 Å². The average molecular weight is 295 g/mol. The van der Waals surface area contributed by atoms with Gasteiger partial charge in [0.2, 0.25) is 5.91 Å². The van der Waals surface area contributed by atoms with Gasteiger partial charge in [0.15, 0.2) is 0 Å². The summed E-state index contributed by atoms with van der Waals surface area (Å²) in [6.45, 7) is 2.17. The van der Waals surface area contributed by atoms with E-state index in [1.807, 2.05) is 6.92 Å². The topological polar surface area (TPSA) is 113 Å². The lowest BCUT2D eigenvalue weighted by Gasteiger charge is -2.16. The van der Waals surface area contributed by atoms with Crippen molar-refractivity contribution in [2.45, 2.75) is 13.3 Å². The minimum atomic E-state index is -0.711. The number of nitro groups is 1. The van der Waals surface area contributed by atoms with Crippen molar-refractivity contribution in [1.82, 2.24) is 10.2 Å². The van der Waals surface area contributed by atoms with Crippen molar-refractivity contribution in [3.05, 3.63) is 33.9 Å². The normalized spacial score (nSPS) is 10.0. The van der Waals surface area contributed by atoms with E-state index in [-0.39, 0.29) is 23.8 Å². The molecule has 1 aromatic carbocycles. The van der Waals surface area contributed by atoms with E-state index in [1.165, 1.54) is 7.05 Å². The molecule has 21 heavy (non-hydrogen) atoms. The minimum Gasteiger partial charge on any atom is -0.508 e. The lowest BCUT2D eigenvalue weighted by Crippen LogP contribution is -2.38. The number of carbonyl (C=O) groups is 2. The summed E-state index contributed by atoms with van der Waals surface area (Å²) >= 11 is 0. The highest BCUT2D eigenvalue weighted by Crippen LogP contribution is 2.24. The monoisotopic (exact) mass is 295 g/mol. The molecule has 0 saturated carbocycles. The van der Waals surface area contributed by atoms with E-state index < -0.39 is 16.5 Å². The zero-order chi connectivity index (χ0) is 16.0. The number of hydrogen-bond donors (Lipinski definition) is 2. The average Bonchev–Trinajstić information content (AvgIpc) is 2.43. The van der Waals surface area contributed by atoms with Gasteiger partial charge in [-0.15, -0.1) is 0 Å². The Morgan fingerprint density at radius 1 is 1.43 bits per heavy atom. The molecular formula is C13H17N3O5. The number of carbonyl (C=O) groups excluding carboxylic acids is 2. The standard InChI is InChI=1S/C13H17N3O5/c1-3-6-14-12(18)8-15(2)13(19)10-7-9(17)4-5-11(10)16(20)21/h4-5,7,17H,3,6,8H2,1-2H3,(H,14,18). The highest BCUT2D eigenvalue weighted by atomic mass is 16.6. The number of phenols is 1. The molecule has 0 spiro atoms. The lowest BCUT2D eigenvalue weighted by molar-refractivity contribution is -0.385. The van der Waals surface area contributed by atoms with Crippen molar-refractivity contribution < 1.29 is 19.6 Å². The van der Waals surface area contributed by atoms with E-state index in [0.29, 0.717) is 6.54 Å². The van der Waals surface area contributed by atoms with Crippen molar-refractivity contribution in [3.63, 3.8) is 0 Å². The highest BCUT2D eigenvalue weighted by Gasteiger charge is 2.24. The highest BCUT2D eigenvalue weighted by molar-refractivity contribution is 6.00. The first-order valence-corrected chi connectivity index (χ1v) is 6.36. The van der Waals surface area contributed by atoms with E-state index in [1.54, 1.807) is 0 Å². The first kappa shape index (κ1) is 16.4. The van der Waals surface area contributed by atoms with Crippen molar-refractivity contribution >= 4 is 17.5 Å². The van der Waals surface area contributed by atoms with Crippen LogP contribution >= 0.6 is 0 Å². The molecule has 1 aromatic rings. The van der Waals surface area contributed by atoms with Crippen LogP contribution in [0.1, 0.15) is 23.7 Å². The maximum atomic E-state index is 12.2. The van der Waals surface area contributed by atoms with E-state index in [2.05, 4.69) is 5.32 Å². The van der Waals surface area contributed by atoms with Gasteiger partial charge in [-0.05, 0) is 18.6 Å². The van der Waals surface area contributed by atoms with Crippen molar-refractivity contribution in [1.29, 1.82) is 0 Å². The number of phenolic OH excluding ortho intramolecular Hbond substituents is 1. The van der Waals surface area contributed by atoms with Gasteiger partial charge in [0, 0.05) is 19.7 Å². The molecule has 0 saturated heterocycles. The van der Waals surface area contributed by atoms with Crippen molar-refractivity contribution in [3.8, 4) is 5.75 Å². The molecule has 8 heteroatoms. The fourth-order valence-corrected chi connectivity index (χ4v) is 1.67. The molecule has 1 rings (SSSR count). The maximum Gasteiger partial charge on any atom is 0.282 e. The van der Waals surface area contributed by atoms with Crippen LogP contribution in [0.3, 0.4) is 0 Å². The second-order valence-electron chi connectivity index (χ2n) is 4.47. The molecule has 0 heterocycles. The number of hydrogen-bond acceptors (Lipinski definition) is 5. The quantitative estimate of drug-likeness (QED) is 0.598. The Bertz CT molecular complexity index is 559. The van der Waals surface area contributed by atoms with Gasteiger partial charge in [-0.25, -0.2) is 0 Å². The van der Waals surface area contributed by atoms with Crippen LogP contribution in [0.2, 0.25) is 0 Å². The fourth-order valence-electron chi connectivity index (χ4n) is 1.67. The van der Waals surface area contributed by atoms with E-state index in [4.69, 9.17) is 0 Å². The molecule has 0 aromatic heterocycles. The Hall–Kier alpha value is -2.64. The molecule has 8 nitrogen and oxygen atoms in total. The largest absolute Gasteiger partial charge is 0.508 e. The predicted octanol–water partition coefficient (Wildman–Crippen LogP) is 0.899. The number of nitro benzene ring substituents is 1. The number of amides is 2. The molecule has 2 N–H and O–H groups in total. The Morgan fingerprint density at radius 3 is 2.67 bits per heavy atom. The number of benzene rings is 1. The zero-order valence-corrected chi connectivity index (χ0v) is 11.8. The smallest absolute Gasteiger partial charge is 0.282 e. The Balaban J connectivity index is 2.90. The molecule has 0 aliphatic heterocycles. The van der Waals surface area contributed by atoms with Gasteiger partial charge in [-0.2, -0.15) is 0 Å². The Labute approximate surface area is 121 Å². The summed E-state index contributed by atoms with van der Waals surface area (Å²) in [7, 11) is 1.36. The Kier molecular flexibility index (Phi) is 5.65. The van der Waals surface area contributed by atoms with Crippen LogP contribution in [-0.2, 0) is 4.79 Å². The summed E-state index contributed by atoms with van der Waals surface area (Å²) in [5.41, 5.74) is -0.676. The van der Waals surface area contributed by atoms with Gasteiger partial charge in [-0.3, -0.25) is 19.7 Å². The number of likely N-dealkylation sites (N-methyl/N-ethyl adjacent to an activating group) is 1. The summed E-state index contributed by atoms with van der Waals surface area (Å²) in [4.78, 5) is 35.0. The third-order valence-electron chi connectivity index (χ3n) is 2.71. The molecule has 0 aliphatic rings. The van der Waals surface area contributed by atoms with Gasteiger partial charge < -0.3 is 15.3 Å². The summed E-state index contributed by atoms with van der Waals surface area (Å²) in [6.07, 6.45) is 0.765. The van der Waals surface area contributed by atoms with E-state index in [9.17, 15) is 24.8 Å². The van der Waals surface area contributed by atoms with Crippen LogP contribution in [0.5, 0.6) is 5.75 Å². The SMILES string of the molecule is CCCNC(=O)CN(C)C(=O)c1cc(O)ccc1[N+](=O)[O-]. The van der Waals surface area contributed by atoms with Crippen LogP contribution < -0.4 is 5.32 Å². The molecule has 0 aliphatic carbocycles. The van der Waals surface area contributed by atoms with Crippen LogP contribution in [0.4, 0.5) is 5.69 Å². The number of nitrogens with zero attached hydrogens (tertiary/aromatic N) is 2. The number of aromatic hydroxyl groups is 1. The molecule has 0 atom stereocenters. The third-order valence-corrected chi connectivity index (χ3v) is 2.71. The van der Waals surface area contributed by atoms with Crippen molar-refractivity contribution in [2.24, 2.45) is 0 Å². The van der Waals surface area contributed by atoms with Gasteiger partial charge in [0.1, 0.15) is 11.3 Å². The summed E-state index contributed by atoms with van der Waals surface area (Å²) < 4.78 is 0. The third kappa shape index (κ3) is 4.44. The van der Waals surface area contributed by atoms with Gasteiger partial charge >= 0.3 is 0 Å². The van der Waals surface area contributed by atoms with Crippen LogP contribution in [-0.4, -0.2) is 46.9 Å². The van der Waals surface area contributed by atoms with Gasteiger partial charge in [-0.1, -0.05) is 6.92 Å². The second-order valence-corrected chi connectivity index (χ2v) is 4.47.